The summed E-state index contributed by atoms with van der Waals surface area (Å²) < 4.78 is 1.39. The second kappa shape index (κ2) is 6.64. The molecule has 2 aromatic rings. The summed E-state index contributed by atoms with van der Waals surface area (Å²) in [4.78, 5) is 25.4. The first-order valence-electron chi connectivity index (χ1n) is 7.75. The van der Waals surface area contributed by atoms with Crippen LogP contribution in [0.15, 0.2) is 42.7 Å². The van der Waals surface area contributed by atoms with Crippen molar-refractivity contribution in [3.05, 3.63) is 53.9 Å². The molecule has 0 aliphatic carbocycles. The summed E-state index contributed by atoms with van der Waals surface area (Å²) in [6.45, 7) is 0.794. The molecular weight excluding hydrogens is 294 g/mol. The molecule has 1 N–H and O–H groups in total. The Morgan fingerprint density at radius 1 is 1.22 bits per heavy atom. The van der Waals surface area contributed by atoms with E-state index in [2.05, 4.69) is 5.10 Å². The molecule has 0 saturated carbocycles. The summed E-state index contributed by atoms with van der Waals surface area (Å²) >= 11 is 0. The molecule has 3 rings (SSSR count). The number of nitrogens with zero attached hydrogens (tertiary/aromatic N) is 3. The third kappa shape index (κ3) is 3.41. The highest BCUT2D eigenvalue weighted by Crippen LogP contribution is 2.30. The molecule has 0 radical (unpaired) electrons. The molecule has 1 unspecified atom stereocenters. The average Bonchev–Trinajstić information content (AvgIpc) is 3.04. The standard InChI is InChI=1S/C17H19N3O3/c21-16(12-19-11-14(10-18-19)17(22)23)20-9-5-4-8-15(20)13-6-2-1-3-7-13/h1-3,6-7,10-11,15H,4-5,8-9,12H2,(H,22,23). The first kappa shape index (κ1) is 15.3. The van der Waals surface area contributed by atoms with E-state index in [4.69, 9.17) is 5.11 Å². The molecule has 1 aromatic carbocycles. The minimum atomic E-state index is -1.04. The molecule has 1 saturated heterocycles. The van der Waals surface area contributed by atoms with Gasteiger partial charge in [-0.2, -0.15) is 5.10 Å². The molecule has 1 atom stereocenters. The molecular formula is C17H19N3O3. The van der Waals surface area contributed by atoms with E-state index >= 15 is 0 Å². The van der Waals surface area contributed by atoms with E-state index in [1.54, 1.807) is 0 Å². The number of carboxylic acids is 1. The Bertz CT molecular complexity index is 696. The van der Waals surface area contributed by atoms with E-state index in [1.165, 1.54) is 17.1 Å². The van der Waals surface area contributed by atoms with Crippen LogP contribution >= 0.6 is 0 Å². The second-order valence-electron chi connectivity index (χ2n) is 5.74. The number of benzene rings is 1. The highest BCUT2D eigenvalue weighted by Gasteiger charge is 2.28. The van der Waals surface area contributed by atoms with Crippen LogP contribution in [-0.4, -0.2) is 38.2 Å². The van der Waals surface area contributed by atoms with E-state index in [0.29, 0.717) is 0 Å². The van der Waals surface area contributed by atoms with Crippen LogP contribution in [0.25, 0.3) is 0 Å². The van der Waals surface area contributed by atoms with Gasteiger partial charge in [0.15, 0.2) is 0 Å². The third-order valence-electron chi connectivity index (χ3n) is 4.18. The lowest BCUT2D eigenvalue weighted by Gasteiger charge is -2.36. The van der Waals surface area contributed by atoms with Crippen LogP contribution in [0.5, 0.6) is 0 Å². The average molecular weight is 313 g/mol. The lowest BCUT2D eigenvalue weighted by molar-refractivity contribution is -0.135. The SMILES string of the molecule is O=C(O)c1cnn(CC(=O)N2CCCCC2c2ccccc2)c1. The topological polar surface area (TPSA) is 75.4 Å². The maximum absolute atomic E-state index is 12.6. The number of aromatic nitrogens is 2. The predicted molar refractivity (Wildman–Crippen MR) is 83.9 cm³/mol. The van der Waals surface area contributed by atoms with Crippen molar-refractivity contribution >= 4 is 11.9 Å². The van der Waals surface area contributed by atoms with Gasteiger partial charge in [0.05, 0.1) is 17.8 Å². The fraction of sp³-hybridized carbons (Fsp3) is 0.353. The number of carbonyl (C=O) groups is 2. The van der Waals surface area contributed by atoms with Gasteiger partial charge in [0.2, 0.25) is 5.91 Å². The largest absolute Gasteiger partial charge is 0.478 e. The van der Waals surface area contributed by atoms with E-state index in [-0.39, 0.29) is 24.1 Å². The number of carboxylic acid groups (broad SMARTS) is 1. The monoisotopic (exact) mass is 313 g/mol. The highest BCUT2D eigenvalue weighted by atomic mass is 16.4. The van der Waals surface area contributed by atoms with Crippen LogP contribution in [-0.2, 0) is 11.3 Å². The Morgan fingerprint density at radius 2 is 2.00 bits per heavy atom. The van der Waals surface area contributed by atoms with Gasteiger partial charge in [-0.15, -0.1) is 0 Å². The van der Waals surface area contributed by atoms with Crippen molar-refractivity contribution < 1.29 is 14.7 Å². The molecule has 1 fully saturated rings. The van der Waals surface area contributed by atoms with E-state index in [9.17, 15) is 9.59 Å². The maximum Gasteiger partial charge on any atom is 0.338 e. The van der Waals surface area contributed by atoms with Crippen LogP contribution in [0.1, 0.15) is 41.2 Å². The number of likely N-dealkylation sites (tertiary alicyclic amines) is 1. The lowest BCUT2D eigenvalue weighted by Crippen LogP contribution is -2.40. The van der Waals surface area contributed by atoms with Crippen LogP contribution in [0.4, 0.5) is 0 Å². The molecule has 6 heteroatoms. The van der Waals surface area contributed by atoms with Gasteiger partial charge in [0.25, 0.3) is 0 Å². The van der Waals surface area contributed by atoms with Crippen LogP contribution in [0, 0.1) is 0 Å². The maximum atomic E-state index is 12.6. The van der Waals surface area contributed by atoms with Gasteiger partial charge in [-0.1, -0.05) is 30.3 Å². The Morgan fingerprint density at radius 3 is 2.70 bits per heavy atom. The molecule has 1 aliphatic heterocycles. The summed E-state index contributed by atoms with van der Waals surface area (Å²) in [6, 6.07) is 10.1. The van der Waals surface area contributed by atoms with Gasteiger partial charge >= 0.3 is 5.97 Å². The van der Waals surface area contributed by atoms with Crippen molar-refractivity contribution in [2.75, 3.05) is 6.54 Å². The molecule has 6 nitrogen and oxygen atoms in total. The van der Waals surface area contributed by atoms with Gasteiger partial charge in [-0.05, 0) is 24.8 Å². The molecule has 2 heterocycles. The van der Waals surface area contributed by atoms with Crippen molar-refractivity contribution in [2.45, 2.75) is 31.8 Å². The van der Waals surface area contributed by atoms with Gasteiger partial charge in [0.1, 0.15) is 6.54 Å². The Hall–Kier alpha value is -2.63. The van der Waals surface area contributed by atoms with Crippen molar-refractivity contribution in [1.82, 2.24) is 14.7 Å². The van der Waals surface area contributed by atoms with Gasteiger partial charge in [-0.3, -0.25) is 9.48 Å². The summed E-state index contributed by atoms with van der Waals surface area (Å²) in [6.07, 6.45) is 5.71. The predicted octanol–water partition coefficient (Wildman–Crippen LogP) is 2.34. The third-order valence-corrected chi connectivity index (χ3v) is 4.18. The van der Waals surface area contributed by atoms with Gasteiger partial charge < -0.3 is 10.0 Å². The summed E-state index contributed by atoms with van der Waals surface area (Å²) in [5.41, 5.74) is 1.24. The molecule has 0 spiro atoms. The minimum absolute atomic E-state index is 0.0291. The smallest absolute Gasteiger partial charge is 0.338 e. The number of carbonyl (C=O) groups excluding carboxylic acids is 1. The number of amides is 1. The zero-order chi connectivity index (χ0) is 16.2. The Labute approximate surface area is 134 Å². The first-order chi connectivity index (χ1) is 11.1. The molecule has 1 aliphatic rings. The minimum Gasteiger partial charge on any atom is -0.478 e. The van der Waals surface area contributed by atoms with Crippen molar-refractivity contribution in [2.24, 2.45) is 0 Å². The Kier molecular flexibility index (Phi) is 4.41. The summed E-state index contributed by atoms with van der Waals surface area (Å²) in [5.74, 6) is -1.07. The van der Waals surface area contributed by atoms with Crippen LogP contribution in [0.2, 0.25) is 0 Å². The van der Waals surface area contributed by atoms with E-state index in [0.717, 1.165) is 31.4 Å². The van der Waals surface area contributed by atoms with Crippen molar-refractivity contribution in [3.63, 3.8) is 0 Å². The van der Waals surface area contributed by atoms with Gasteiger partial charge in [-0.25, -0.2) is 4.79 Å². The summed E-state index contributed by atoms with van der Waals surface area (Å²) in [7, 11) is 0. The molecule has 23 heavy (non-hydrogen) atoms. The molecule has 0 bridgehead atoms. The number of aromatic carboxylic acids is 1. The number of hydrogen-bond acceptors (Lipinski definition) is 3. The number of hydrogen-bond donors (Lipinski definition) is 1. The zero-order valence-electron chi connectivity index (χ0n) is 12.8. The lowest BCUT2D eigenvalue weighted by atomic mass is 9.95. The molecule has 1 aromatic heterocycles. The van der Waals surface area contributed by atoms with E-state index < -0.39 is 5.97 Å². The molecule has 1 amide bonds. The van der Waals surface area contributed by atoms with Crippen molar-refractivity contribution in [1.29, 1.82) is 0 Å². The fourth-order valence-corrected chi connectivity index (χ4v) is 3.04. The summed E-state index contributed by atoms with van der Waals surface area (Å²) in [5, 5.41) is 12.9. The number of piperidine rings is 1. The van der Waals surface area contributed by atoms with E-state index in [1.807, 2.05) is 35.2 Å². The van der Waals surface area contributed by atoms with Crippen molar-refractivity contribution in [3.8, 4) is 0 Å². The highest BCUT2D eigenvalue weighted by molar-refractivity contribution is 5.87. The first-order valence-corrected chi connectivity index (χ1v) is 7.75. The normalized spacial score (nSPS) is 17.9. The Balaban J connectivity index is 1.74. The second-order valence-corrected chi connectivity index (χ2v) is 5.74. The fourth-order valence-electron chi connectivity index (χ4n) is 3.04. The zero-order valence-corrected chi connectivity index (χ0v) is 12.8. The van der Waals surface area contributed by atoms with Crippen LogP contribution in [0.3, 0.4) is 0 Å². The quantitative estimate of drug-likeness (QED) is 0.940. The number of rotatable bonds is 4. The van der Waals surface area contributed by atoms with Gasteiger partial charge in [0, 0.05) is 12.7 Å². The molecule has 120 valence electrons. The van der Waals surface area contributed by atoms with Crippen LogP contribution < -0.4 is 0 Å².